The first kappa shape index (κ1) is 18.6. The molecular weight excluding hydrogens is 348 g/mol. The van der Waals surface area contributed by atoms with Gasteiger partial charge in [0.25, 0.3) is 5.91 Å². The third-order valence-electron chi connectivity index (χ3n) is 4.70. The van der Waals surface area contributed by atoms with Gasteiger partial charge < -0.3 is 10.0 Å². The van der Waals surface area contributed by atoms with Gasteiger partial charge in [-0.05, 0) is 37.0 Å². The van der Waals surface area contributed by atoms with Gasteiger partial charge >= 0.3 is 5.97 Å². The van der Waals surface area contributed by atoms with Gasteiger partial charge in [-0.2, -0.15) is 0 Å². The highest BCUT2D eigenvalue weighted by atomic mass is 16.4. The summed E-state index contributed by atoms with van der Waals surface area (Å²) in [6.07, 6.45) is 2.62. The molecule has 27 heavy (non-hydrogen) atoms. The number of hydrogen-bond acceptors (Lipinski definition) is 4. The standard InChI is InChI=1S/C20H20N2O5/c23-17-10-9-16(19(26)21-17)22-12-14-8-7-13(11-15(14)20(22)27)5-3-1-2-4-6-18(24)25/h7-8,11,16H,1-2,4,6,9-10,12H2,(H,24,25)(H,21,23,26). The monoisotopic (exact) mass is 368 g/mol. The van der Waals surface area contributed by atoms with Crippen LogP contribution in [0.1, 0.15) is 60.0 Å². The molecule has 1 aromatic rings. The summed E-state index contributed by atoms with van der Waals surface area (Å²) in [7, 11) is 0. The van der Waals surface area contributed by atoms with Crippen molar-refractivity contribution < 1.29 is 24.3 Å². The predicted molar refractivity (Wildman–Crippen MR) is 95.5 cm³/mol. The van der Waals surface area contributed by atoms with Crippen LogP contribution in [-0.4, -0.2) is 39.7 Å². The minimum atomic E-state index is -0.805. The summed E-state index contributed by atoms with van der Waals surface area (Å²) >= 11 is 0. The molecule has 2 aliphatic rings. The number of aliphatic carboxylic acids is 1. The third-order valence-corrected chi connectivity index (χ3v) is 4.70. The number of imide groups is 1. The van der Waals surface area contributed by atoms with E-state index < -0.39 is 17.9 Å². The first-order chi connectivity index (χ1) is 13.0. The van der Waals surface area contributed by atoms with E-state index >= 15 is 0 Å². The van der Waals surface area contributed by atoms with E-state index in [4.69, 9.17) is 5.11 Å². The lowest BCUT2D eigenvalue weighted by Crippen LogP contribution is -2.52. The van der Waals surface area contributed by atoms with Crippen molar-refractivity contribution in [1.29, 1.82) is 0 Å². The molecule has 2 N–H and O–H groups in total. The quantitative estimate of drug-likeness (QED) is 0.465. The Morgan fingerprint density at radius 1 is 1.26 bits per heavy atom. The number of amides is 3. The van der Waals surface area contributed by atoms with Crippen LogP contribution in [0.2, 0.25) is 0 Å². The van der Waals surface area contributed by atoms with Crippen LogP contribution in [0.15, 0.2) is 18.2 Å². The van der Waals surface area contributed by atoms with Crippen molar-refractivity contribution in [3.63, 3.8) is 0 Å². The molecule has 0 saturated carbocycles. The Balaban J connectivity index is 1.64. The number of nitrogens with zero attached hydrogens (tertiary/aromatic N) is 1. The van der Waals surface area contributed by atoms with Gasteiger partial charge in [0.1, 0.15) is 6.04 Å². The van der Waals surface area contributed by atoms with Crippen LogP contribution in [-0.2, 0) is 20.9 Å². The summed E-state index contributed by atoms with van der Waals surface area (Å²) in [6.45, 7) is 0.351. The largest absolute Gasteiger partial charge is 0.481 e. The van der Waals surface area contributed by atoms with Gasteiger partial charge in [-0.15, -0.1) is 0 Å². The fourth-order valence-corrected chi connectivity index (χ4v) is 3.29. The van der Waals surface area contributed by atoms with Crippen molar-refractivity contribution in [2.45, 2.75) is 51.1 Å². The molecule has 0 aromatic heterocycles. The molecule has 2 heterocycles. The highest BCUT2D eigenvalue weighted by Gasteiger charge is 2.38. The number of piperidine rings is 1. The van der Waals surface area contributed by atoms with Crippen LogP contribution in [0.4, 0.5) is 0 Å². The fraction of sp³-hybridized carbons (Fsp3) is 0.400. The number of benzene rings is 1. The second-order valence-electron chi connectivity index (χ2n) is 6.67. The van der Waals surface area contributed by atoms with Crippen LogP contribution in [0, 0.1) is 11.8 Å². The molecule has 1 unspecified atom stereocenters. The molecule has 7 heteroatoms. The highest BCUT2D eigenvalue weighted by molar-refractivity contribution is 6.05. The van der Waals surface area contributed by atoms with Gasteiger partial charge in [0.2, 0.25) is 11.8 Å². The summed E-state index contributed by atoms with van der Waals surface area (Å²) in [6, 6.07) is 4.79. The number of carbonyl (C=O) groups excluding carboxylic acids is 3. The van der Waals surface area contributed by atoms with E-state index in [0.29, 0.717) is 43.4 Å². The van der Waals surface area contributed by atoms with Crippen molar-refractivity contribution in [2.75, 3.05) is 0 Å². The number of hydrogen-bond donors (Lipinski definition) is 2. The molecule has 0 aliphatic carbocycles. The molecular formula is C20H20N2O5. The number of fused-ring (bicyclic) bond motifs is 1. The molecule has 2 aliphatic heterocycles. The normalized spacial score (nSPS) is 18.6. The van der Waals surface area contributed by atoms with Crippen molar-refractivity contribution in [2.24, 2.45) is 0 Å². The topological polar surface area (TPSA) is 104 Å². The number of rotatable bonds is 5. The minimum absolute atomic E-state index is 0.144. The van der Waals surface area contributed by atoms with Gasteiger partial charge in [-0.1, -0.05) is 17.9 Å². The zero-order chi connectivity index (χ0) is 19.4. The summed E-state index contributed by atoms with van der Waals surface area (Å²) < 4.78 is 0. The molecule has 7 nitrogen and oxygen atoms in total. The Morgan fingerprint density at radius 2 is 2.07 bits per heavy atom. The third kappa shape index (κ3) is 4.34. The summed E-state index contributed by atoms with van der Waals surface area (Å²) in [4.78, 5) is 48.0. The lowest BCUT2D eigenvalue weighted by molar-refractivity contribution is -0.138. The Morgan fingerprint density at radius 3 is 2.81 bits per heavy atom. The van der Waals surface area contributed by atoms with Crippen molar-refractivity contribution in [3.8, 4) is 11.8 Å². The molecule has 0 spiro atoms. The number of unbranched alkanes of at least 4 members (excludes halogenated alkanes) is 2. The number of carboxylic acids is 1. The van der Waals surface area contributed by atoms with Crippen LogP contribution in [0.3, 0.4) is 0 Å². The lowest BCUT2D eigenvalue weighted by Gasteiger charge is -2.29. The van der Waals surface area contributed by atoms with E-state index in [1.807, 2.05) is 12.1 Å². The summed E-state index contributed by atoms with van der Waals surface area (Å²) in [5, 5.41) is 10.9. The van der Waals surface area contributed by atoms with Gasteiger partial charge in [-0.3, -0.25) is 24.5 Å². The maximum absolute atomic E-state index is 12.7. The minimum Gasteiger partial charge on any atom is -0.481 e. The Bertz CT molecular complexity index is 865. The van der Waals surface area contributed by atoms with Gasteiger partial charge in [0.05, 0.1) is 0 Å². The van der Waals surface area contributed by atoms with Crippen LogP contribution < -0.4 is 5.32 Å². The summed E-state index contributed by atoms with van der Waals surface area (Å²) in [5.41, 5.74) is 2.10. The van der Waals surface area contributed by atoms with Gasteiger partial charge in [-0.25, -0.2) is 0 Å². The second kappa shape index (κ2) is 8.04. The second-order valence-corrected chi connectivity index (χ2v) is 6.67. The smallest absolute Gasteiger partial charge is 0.303 e. The maximum atomic E-state index is 12.7. The highest BCUT2D eigenvalue weighted by Crippen LogP contribution is 2.28. The van der Waals surface area contributed by atoms with E-state index in [2.05, 4.69) is 17.2 Å². The first-order valence-electron chi connectivity index (χ1n) is 8.94. The Kier molecular flexibility index (Phi) is 5.55. The average molecular weight is 368 g/mol. The van der Waals surface area contributed by atoms with E-state index in [0.717, 1.165) is 5.56 Å². The maximum Gasteiger partial charge on any atom is 0.303 e. The molecule has 1 aromatic carbocycles. The molecule has 0 radical (unpaired) electrons. The Labute approximate surface area is 156 Å². The lowest BCUT2D eigenvalue weighted by atomic mass is 10.0. The molecule has 140 valence electrons. The van der Waals surface area contributed by atoms with Crippen LogP contribution in [0.5, 0.6) is 0 Å². The molecule has 1 saturated heterocycles. The van der Waals surface area contributed by atoms with Crippen LogP contribution in [0.25, 0.3) is 0 Å². The van der Waals surface area contributed by atoms with Gasteiger partial charge in [0.15, 0.2) is 0 Å². The molecule has 3 rings (SSSR count). The van der Waals surface area contributed by atoms with Crippen molar-refractivity contribution in [3.05, 3.63) is 34.9 Å². The molecule has 3 amide bonds. The van der Waals surface area contributed by atoms with E-state index in [-0.39, 0.29) is 24.7 Å². The SMILES string of the molecule is O=C(O)CCCCC#Cc1ccc2c(c1)C(=O)N(C1CCC(=O)NC1=O)C2. The molecule has 1 fully saturated rings. The Hall–Kier alpha value is -3.14. The zero-order valence-electron chi connectivity index (χ0n) is 14.8. The average Bonchev–Trinajstić information content (AvgIpc) is 2.94. The molecule has 1 atom stereocenters. The molecule has 0 bridgehead atoms. The fourth-order valence-electron chi connectivity index (χ4n) is 3.29. The predicted octanol–water partition coefficient (Wildman–Crippen LogP) is 1.44. The number of carboxylic acid groups (broad SMARTS) is 1. The van der Waals surface area contributed by atoms with E-state index in [9.17, 15) is 19.2 Å². The van der Waals surface area contributed by atoms with E-state index in [1.165, 1.54) is 4.90 Å². The number of nitrogens with one attached hydrogen (secondary N) is 1. The van der Waals surface area contributed by atoms with Crippen molar-refractivity contribution in [1.82, 2.24) is 10.2 Å². The zero-order valence-corrected chi connectivity index (χ0v) is 14.8. The van der Waals surface area contributed by atoms with Gasteiger partial charge in [0, 0.05) is 36.9 Å². The first-order valence-corrected chi connectivity index (χ1v) is 8.94. The van der Waals surface area contributed by atoms with Crippen molar-refractivity contribution >= 4 is 23.7 Å². The van der Waals surface area contributed by atoms with Crippen LogP contribution >= 0.6 is 0 Å². The van der Waals surface area contributed by atoms with E-state index in [1.54, 1.807) is 6.07 Å². The summed E-state index contributed by atoms with van der Waals surface area (Å²) in [5.74, 6) is 4.25. The number of carbonyl (C=O) groups is 4.